The first-order chi connectivity index (χ1) is 12.1. The monoisotopic (exact) mass is 429 g/mol. The van der Waals surface area contributed by atoms with E-state index in [-0.39, 0.29) is 34.6 Å². The van der Waals surface area contributed by atoms with Crippen molar-refractivity contribution < 1.29 is 61.6 Å². The van der Waals surface area contributed by atoms with Crippen LogP contribution >= 0.6 is 0 Å². The molecule has 0 atom stereocenters. The van der Waals surface area contributed by atoms with Crippen LogP contribution in [0.4, 0.5) is 0 Å². The second-order valence-electron chi connectivity index (χ2n) is 4.89. The Morgan fingerprint density at radius 1 is 0.667 bits per heavy atom. The third-order valence-electron chi connectivity index (χ3n) is 1.92. The molecule has 0 aliphatic heterocycles. The number of carboxylic acids is 3. The predicted octanol–water partition coefficient (Wildman–Crippen LogP) is -0.616. The van der Waals surface area contributed by atoms with Gasteiger partial charge in [-0.15, -0.1) is 0 Å². The van der Waals surface area contributed by atoms with Crippen LogP contribution in [-0.2, 0) is 36.1 Å². The van der Waals surface area contributed by atoms with Crippen molar-refractivity contribution in [2.75, 3.05) is 13.2 Å². The average molecular weight is 429 g/mol. The Labute approximate surface area is 178 Å². The van der Waals surface area contributed by atoms with E-state index in [0.29, 0.717) is 13.2 Å². The first-order valence-corrected chi connectivity index (χ1v) is 8.89. The molecule has 0 aromatic heterocycles. The molecule has 0 aromatic carbocycles. The van der Waals surface area contributed by atoms with Crippen molar-refractivity contribution in [2.45, 2.75) is 86.0 Å². The van der Waals surface area contributed by atoms with Gasteiger partial charge in [0.1, 0.15) is 0 Å². The van der Waals surface area contributed by atoms with Crippen LogP contribution < -0.4 is 15.3 Å². The zero-order valence-corrected chi connectivity index (χ0v) is 19.0. The fourth-order valence-corrected chi connectivity index (χ4v) is 0.642. The van der Waals surface area contributed by atoms with Crippen molar-refractivity contribution in [3.05, 3.63) is 0 Å². The van der Waals surface area contributed by atoms with Gasteiger partial charge in [-0.3, -0.25) is 0 Å². The number of unbranched alkanes of at least 4 members (excludes halogenated alkanes) is 2. The van der Waals surface area contributed by atoms with E-state index in [1.165, 1.54) is 0 Å². The van der Waals surface area contributed by atoms with Gasteiger partial charge in [0, 0.05) is 31.1 Å². The standard InChI is InChI=1S/2C5H10O2.2C3H8O.C2H4O2.Ti/c2*1-2-3-4-5(6)7;2*1-2-3-4;1-2(3)4;/h2*2-4H2,1H3,(H,6,7);2*4H,2-3H2,1H3;1H3,(H,3,4);/q;;;;;+3/p-3. The molecule has 0 unspecified atom stereocenters. The third-order valence-corrected chi connectivity index (χ3v) is 1.92. The topological polar surface area (TPSA) is 161 Å². The van der Waals surface area contributed by atoms with Gasteiger partial charge in [0.05, 0.1) is 0 Å². The van der Waals surface area contributed by atoms with Gasteiger partial charge in [-0.1, -0.05) is 40.5 Å². The molecule has 0 aliphatic carbocycles. The summed E-state index contributed by atoms with van der Waals surface area (Å²) in [4.78, 5) is 28.2. The van der Waals surface area contributed by atoms with E-state index in [1.807, 2.05) is 27.7 Å². The number of carbonyl (C=O) groups is 3. The molecular weight excluding hydrogens is 392 g/mol. The van der Waals surface area contributed by atoms with E-state index in [2.05, 4.69) is 0 Å². The SMILES string of the molecule is CC(=O)[O-].CCCCC(=O)[O-].CCCCC(=O)[O-].CCCO.CCCO.[Ti+3]. The zero-order valence-electron chi connectivity index (χ0n) is 17.4. The minimum Gasteiger partial charge on any atom is -0.550 e. The predicted molar refractivity (Wildman–Crippen MR) is 94.5 cm³/mol. The maximum Gasteiger partial charge on any atom is 3.00 e. The van der Waals surface area contributed by atoms with Crippen LogP contribution in [0.25, 0.3) is 0 Å². The summed E-state index contributed by atoms with van der Waals surface area (Å²) in [7, 11) is 0. The summed E-state index contributed by atoms with van der Waals surface area (Å²) >= 11 is 0. The van der Waals surface area contributed by atoms with Gasteiger partial charge in [-0.2, -0.15) is 0 Å². The Morgan fingerprint density at radius 2 is 0.852 bits per heavy atom. The van der Waals surface area contributed by atoms with Gasteiger partial charge in [-0.05, 0) is 45.4 Å². The molecule has 0 amide bonds. The summed E-state index contributed by atoms with van der Waals surface area (Å²) in [6, 6.07) is 0. The molecular formula is C18H37O8Ti. The van der Waals surface area contributed by atoms with Crippen molar-refractivity contribution in [3.63, 3.8) is 0 Å². The van der Waals surface area contributed by atoms with Crippen LogP contribution in [0.15, 0.2) is 0 Å². The summed E-state index contributed by atoms with van der Waals surface area (Å²) < 4.78 is 0. The Kier molecular flexibility index (Phi) is 67.0. The van der Waals surface area contributed by atoms with Crippen molar-refractivity contribution in [3.8, 4) is 0 Å². The number of carbonyl (C=O) groups excluding carboxylic acids is 3. The third kappa shape index (κ3) is 163. The molecule has 2 N–H and O–H groups in total. The van der Waals surface area contributed by atoms with E-state index < -0.39 is 17.9 Å². The number of carboxylic acid groups (broad SMARTS) is 3. The van der Waals surface area contributed by atoms with E-state index >= 15 is 0 Å². The molecule has 1 radical (unpaired) electrons. The molecule has 8 nitrogen and oxygen atoms in total. The average Bonchev–Trinajstić information content (AvgIpc) is 2.58. The zero-order chi connectivity index (χ0) is 21.8. The van der Waals surface area contributed by atoms with Gasteiger partial charge in [0.15, 0.2) is 0 Å². The molecule has 27 heavy (non-hydrogen) atoms. The molecule has 0 saturated heterocycles. The minimum absolute atomic E-state index is 0. The Balaban J connectivity index is -0.0000000520. The number of aliphatic hydroxyl groups is 2. The smallest absolute Gasteiger partial charge is 0.550 e. The quantitative estimate of drug-likeness (QED) is 0.483. The molecule has 9 heteroatoms. The van der Waals surface area contributed by atoms with Gasteiger partial charge in [0.2, 0.25) is 0 Å². The van der Waals surface area contributed by atoms with Crippen molar-refractivity contribution in [2.24, 2.45) is 0 Å². The molecule has 0 saturated carbocycles. The number of hydrogen-bond donors (Lipinski definition) is 2. The normalized spacial score (nSPS) is 7.67. The molecule has 0 aliphatic rings. The second-order valence-corrected chi connectivity index (χ2v) is 4.89. The van der Waals surface area contributed by atoms with Crippen LogP contribution in [0.2, 0.25) is 0 Å². The molecule has 0 spiro atoms. The Hall–Kier alpha value is -0.956. The maximum atomic E-state index is 9.65. The largest absolute Gasteiger partial charge is 3.00 e. The van der Waals surface area contributed by atoms with Gasteiger partial charge >= 0.3 is 21.7 Å². The summed E-state index contributed by atoms with van der Waals surface area (Å²) in [6.45, 7) is 9.37. The molecule has 0 bridgehead atoms. The number of aliphatic carboxylic acids is 3. The van der Waals surface area contributed by atoms with E-state index in [4.69, 9.17) is 20.1 Å². The summed E-state index contributed by atoms with van der Waals surface area (Å²) in [5.41, 5.74) is 0. The number of hydrogen-bond acceptors (Lipinski definition) is 8. The van der Waals surface area contributed by atoms with Gasteiger partial charge in [0.25, 0.3) is 0 Å². The summed E-state index contributed by atoms with van der Waals surface area (Å²) in [5, 5.41) is 43.9. The van der Waals surface area contributed by atoms with Crippen molar-refractivity contribution in [1.29, 1.82) is 0 Å². The Bertz CT molecular complexity index is 257. The van der Waals surface area contributed by atoms with Crippen LogP contribution in [-0.4, -0.2) is 41.3 Å². The molecule has 0 rings (SSSR count). The van der Waals surface area contributed by atoms with E-state index in [0.717, 1.165) is 45.4 Å². The molecule has 161 valence electrons. The fraction of sp³-hybridized carbons (Fsp3) is 0.833. The molecule has 0 heterocycles. The Morgan fingerprint density at radius 3 is 0.889 bits per heavy atom. The summed E-state index contributed by atoms with van der Waals surface area (Å²) in [6.07, 6.45) is 5.49. The van der Waals surface area contributed by atoms with Gasteiger partial charge in [-0.25, -0.2) is 0 Å². The van der Waals surface area contributed by atoms with Crippen LogP contribution in [0.1, 0.15) is 86.0 Å². The molecule has 0 aromatic rings. The number of rotatable bonds is 8. The van der Waals surface area contributed by atoms with Crippen LogP contribution in [0.3, 0.4) is 0 Å². The van der Waals surface area contributed by atoms with Gasteiger partial charge < -0.3 is 39.9 Å². The van der Waals surface area contributed by atoms with Crippen molar-refractivity contribution in [1.82, 2.24) is 0 Å². The minimum atomic E-state index is -1.08. The summed E-state index contributed by atoms with van der Waals surface area (Å²) in [5.74, 6) is -2.97. The van der Waals surface area contributed by atoms with Crippen LogP contribution in [0, 0.1) is 0 Å². The fourth-order valence-electron chi connectivity index (χ4n) is 0.642. The van der Waals surface area contributed by atoms with Crippen molar-refractivity contribution >= 4 is 17.9 Å². The first-order valence-electron chi connectivity index (χ1n) is 8.89. The van der Waals surface area contributed by atoms with E-state index in [1.54, 1.807) is 0 Å². The van der Waals surface area contributed by atoms with E-state index in [9.17, 15) is 19.8 Å². The molecule has 0 fully saturated rings. The maximum absolute atomic E-state index is 9.65. The first kappa shape index (κ1) is 40.7. The van der Waals surface area contributed by atoms with Crippen LogP contribution in [0.5, 0.6) is 0 Å². The second kappa shape index (κ2) is 44.5. The number of aliphatic hydroxyl groups excluding tert-OH is 2.